The van der Waals surface area contributed by atoms with E-state index in [-0.39, 0.29) is 17.8 Å². The minimum absolute atomic E-state index is 0.181. The number of pyridine rings is 1. The molecule has 0 saturated carbocycles. The smallest absolute Gasteiger partial charge is 0.287 e. The number of H-pyrrole nitrogens is 1. The molecule has 0 radical (unpaired) electrons. The number of carbonyl (C=O) groups is 1. The molecule has 0 spiro atoms. The Kier molecular flexibility index (Phi) is 7.57. The molecule has 7 nitrogen and oxygen atoms in total. The van der Waals surface area contributed by atoms with Gasteiger partial charge in [0.1, 0.15) is 11.2 Å². The Labute approximate surface area is 284 Å². The number of nitrogens with one attached hydrogen (secondary N) is 2. The van der Waals surface area contributed by atoms with Crippen molar-refractivity contribution in [3.05, 3.63) is 186 Å². The van der Waals surface area contributed by atoms with E-state index in [2.05, 4.69) is 105 Å². The SMILES string of the molecule is Cc1cc(-c2nn(C(c3ccccc3)(c3ccccc3)c3ccccc3)c3cc4[nH]c(C(=O)N[C@H](C)c5ccccc5)nc4cc23)ccn1. The Balaban J connectivity index is 1.40. The lowest BCUT2D eigenvalue weighted by Gasteiger charge is -2.37. The highest BCUT2D eigenvalue weighted by molar-refractivity contribution is 6.03. The molecule has 0 bridgehead atoms. The Morgan fingerprint density at radius 1 is 0.755 bits per heavy atom. The zero-order valence-corrected chi connectivity index (χ0v) is 27.2. The van der Waals surface area contributed by atoms with Gasteiger partial charge in [0.2, 0.25) is 0 Å². The van der Waals surface area contributed by atoms with Crippen LogP contribution in [0.3, 0.4) is 0 Å². The van der Waals surface area contributed by atoms with Gasteiger partial charge < -0.3 is 10.3 Å². The number of fused-ring (bicyclic) bond motifs is 2. The van der Waals surface area contributed by atoms with Crippen molar-refractivity contribution in [2.75, 3.05) is 0 Å². The normalized spacial score (nSPS) is 12.3. The molecular weight excluding hydrogens is 605 g/mol. The molecule has 8 rings (SSSR count). The predicted molar refractivity (Wildman–Crippen MR) is 194 cm³/mol. The summed E-state index contributed by atoms with van der Waals surface area (Å²) in [4.78, 5) is 26.1. The van der Waals surface area contributed by atoms with Crippen LogP contribution >= 0.6 is 0 Å². The third-order valence-corrected chi connectivity index (χ3v) is 9.21. The Morgan fingerprint density at radius 3 is 1.90 bits per heavy atom. The van der Waals surface area contributed by atoms with Crippen molar-refractivity contribution in [2.45, 2.75) is 25.4 Å². The Morgan fingerprint density at radius 2 is 1.33 bits per heavy atom. The van der Waals surface area contributed by atoms with Crippen molar-refractivity contribution < 1.29 is 4.79 Å². The highest BCUT2D eigenvalue weighted by atomic mass is 16.2. The van der Waals surface area contributed by atoms with Crippen molar-refractivity contribution in [3.8, 4) is 11.3 Å². The van der Waals surface area contributed by atoms with Gasteiger partial charge in [0.05, 0.1) is 22.6 Å². The van der Waals surface area contributed by atoms with Gasteiger partial charge in [0, 0.05) is 22.8 Å². The molecule has 3 heterocycles. The van der Waals surface area contributed by atoms with E-state index in [0.717, 1.165) is 55.6 Å². The number of amides is 1. The maximum Gasteiger partial charge on any atom is 0.287 e. The molecule has 8 aromatic rings. The summed E-state index contributed by atoms with van der Waals surface area (Å²) in [6.07, 6.45) is 1.82. The molecule has 7 heteroatoms. The van der Waals surface area contributed by atoms with Crippen molar-refractivity contribution in [1.29, 1.82) is 0 Å². The summed E-state index contributed by atoms with van der Waals surface area (Å²) >= 11 is 0. The predicted octanol–water partition coefficient (Wildman–Crippen LogP) is 8.61. The molecule has 0 unspecified atom stereocenters. The fraction of sp³-hybridized carbons (Fsp3) is 0.0952. The second-order valence-electron chi connectivity index (χ2n) is 12.3. The van der Waals surface area contributed by atoms with E-state index in [1.54, 1.807) is 0 Å². The lowest BCUT2D eigenvalue weighted by molar-refractivity contribution is 0.0930. The van der Waals surface area contributed by atoms with Gasteiger partial charge in [0.15, 0.2) is 5.82 Å². The third-order valence-electron chi connectivity index (χ3n) is 9.21. The summed E-state index contributed by atoms with van der Waals surface area (Å²) in [6, 6.07) is 49.4. The first-order chi connectivity index (χ1) is 24.0. The lowest BCUT2D eigenvalue weighted by Crippen LogP contribution is -2.38. The van der Waals surface area contributed by atoms with Crippen LogP contribution in [0.15, 0.2) is 152 Å². The second-order valence-corrected chi connectivity index (χ2v) is 12.3. The van der Waals surface area contributed by atoms with Gasteiger partial charge >= 0.3 is 0 Å². The highest BCUT2D eigenvalue weighted by Gasteiger charge is 2.41. The maximum absolute atomic E-state index is 13.5. The third kappa shape index (κ3) is 5.26. The highest BCUT2D eigenvalue weighted by Crippen LogP contribution is 2.44. The molecule has 0 aliphatic carbocycles. The quantitative estimate of drug-likeness (QED) is 0.163. The summed E-state index contributed by atoms with van der Waals surface area (Å²) < 4.78 is 2.14. The zero-order valence-electron chi connectivity index (χ0n) is 27.2. The monoisotopic (exact) mass is 638 g/mol. The topological polar surface area (TPSA) is 88.5 Å². The van der Waals surface area contributed by atoms with E-state index < -0.39 is 5.54 Å². The summed E-state index contributed by atoms with van der Waals surface area (Å²) in [5.41, 5.74) is 8.33. The van der Waals surface area contributed by atoms with Gasteiger partial charge in [0.25, 0.3) is 5.91 Å². The number of rotatable bonds is 8. The molecule has 238 valence electrons. The number of nitrogens with zero attached hydrogens (tertiary/aromatic N) is 4. The number of carbonyl (C=O) groups excluding carboxylic acids is 1. The maximum atomic E-state index is 13.5. The van der Waals surface area contributed by atoms with Gasteiger partial charge in [-0.3, -0.25) is 9.78 Å². The number of aryl methyl sites for hydroxylation is 1. The summed E-state index contributed by atoms with van der Waals surface area (Å²) in [7, 11) is 0. The van der Waals surface area contributed by atoms with E-state index in [1.807, 2.05) is 80.7 Å². The molecule has 0 aliphatic heterocycles. The van der Waals surface area contributed by atoms with Crippen molar-refractivity contribution in [2.24, 2.45) is 0 Å². The molecule has 1 atom stereocenters. The average Bonchev–Trinajstić information content (AvgIpc) is 3.74. The number of aromatic nitrogens is 5. The van der Waals surface area contributed by atoms with E-state index >= 15 is 0 Å². The Bertz CT molecular complexity index is 2300. The first-order valence-corrected chi connectivity index (χ1v) is 16.4. The number of aromatic amines is 1. The fourth-order valence-corrected chi connectivity index (χ4v) is 6.88. The van der Waals surface area contributed by atoms with Crippen LogP contribution in [0.4, 0.5) is 0 Å². The van der Waals surface area contributed by atoms with Gasteiger partial charge in [-0.1, -0.05) is 121 Å². The minimum atomic E-state index is -0.846. The number of hydrogen-bond donors (Lipinski definition) is 2. The summed E-state index contributed by atoms with van der Waals surface area (Å²) in [5, 5.41) is 9.52. The standard InChI is InChI=1S/C42H34N6O/c1-28-25-31(23-24-43-28)39-35-26-36-37(46-40(45-36)41(49)44-29(2)30-15-7-3-8-16-30)27-38(35)48(47-39)42(32-17-9-4-10-18-32,33-19-11-5-12-20-33)34-21-13-6-14-22-34/h3-27,29H,1-2H3,(H,44,49)(H,45,46)/t29-/m1/s1. The molecule has 0 fully saturated rings. The van der Waals surface area contributed by atoms with E-state index in [4.69, 9.17) is 10.1 Å². The van der Waals surface area contributed by atoms with Crippen LogP contribution in [0.5, 0.6) is 0 Å². The van der Waals surface area contributed by atoms with Gasteiger partial charge in [-0.2, -0.15) is 5.10 Å². The molecule has 1 amide bonds. The van der Waals surface area contributed by atoms with Crippen LogP contribution in [0.2, 0.25) is 0 Å². The summed E-state index contributed by atoms with van der Waals surface area (Å²) in [5.74, 6) is -0.0119. The molecule has 5 aromatic carbocycles. The number of benzene rings is 5. The first-order valence-electron chi connectivity index (χ1n) is 16.4. The molecule has 49 heavy (non-hydrogen) atoms. The average molecular weight is 639 g/mol. The van der Waals surface area contributed by atoms with Gasteiger partial charge in [-0.15, -0.1) is 0 Å². The van der Waals surface area contributed by atoms with Crippen molar-refractivity contribution >= 4 is 27.8 Å². The Hall–Kier alpha value is -6.34. The van der Waals surface area contributed by atoms with Crippen molar-refractivity contribution in [3.63, 3.8) is 0 Å². The first kappa shape index (κ1) is 30.0. The zero-order chi connectivity index (χ0) is 33.4. The van der Waals surface area contributed by atoms with Gasteiger partial charge in [-0.25, -0.2) is 9.67 Å². The number of hydrogen-bond acceptors (Lipinski definition) is 4. The van der Waals surface area contributed by atoms with E-state index in [9.17, 15) is 4.79 Å². The van der Waals surface area contributed by atoms with Crippen LogP contribution < -0.4 is 5.32 Å². The fourth-order valence-electron chi connectivity index (χ4n) is 6.88. The minimum Gasteiger partial charge on any atom is -0.343 e. The van der Waals surface area contributed by atoms with E-state index in [1.165, 1.54) is 0 Å². The molecule has 2 N–H and O–H groups in total. The molecule has 0 aliphatic rings. The van der Waals surface area contributed by atoms with Crippen LogP contribution in [0, 0.1) is 6.92 Å². The molecular formula is C42H34N6O. The summed E-state index contributed by atoms with van der Waals surface area (Å²) in [6.45, 7) is 3.95. The van der Waals surface area contributed by atoms with Gasteiger partial charge in [-0.05, 0) is 60.4 Å². The lowest BCUT2D eigenvalue weighted by atomic mass is 9.77. The van der Waals surface area contributed by atoms with Crippen molar-refractivity contribution in [1.82, 2.24) is 30.0 Å². The van der Waals surface area contributed by atoms with Crippen LogP contribution in [0.1, 0.15) is 51.5 Å². The van der Waals surface area contributed by atoms with Crippen LogP contribution in [-0.2, 0) is 5.54 Å². The molecule has 0 saturated heterocycles. The number of imidazole rings is 1. The van der Waals surface area contributed by atoms with Crippen LogP contribution in [0.25, 0.3) is 33.2 Å². The van der Waals surface area contributed by atoms with Crippen LogP contribution in [-0.4, -0.2) is 30.6 Å². The largest absolute Gasteiger partial charge is 0.343 e. The second kappa shape index (κ2) is 12.4. The van der Waals surface area contributed by atoms with E-state index in [0.29, 0.717) is 5.52 Å². The molecule has 3 aromatic heterocycles.